The first-order chi connectivity index (χ1) is 8.06. The molecule has 1 atom stereocenters. The molecule has 4 heteroatoms. The highest BCUT2D eigenvalue weighted by Crippen LogP contribution is 2.44. The maximum Gasteiger partial charge on any atom is 0.0595 e. The number of rotatable bonds is 5. The molecule has 0 bridgehead atoms. The number of hydrogen-bond acceptors (Lipinski definition) is 2. The van der Waals surface area contributed by atoms with Crippen molar-refractivity contribution >= 4 is 23.2 Å². The third kappa shape index (κ3) is 3.14. The molecule has 94 valence electrons. The second-order valence-electron chi connectivity index (χ2n) is 4.93. The Morgan fingerprint density at radius 1 is 1.35 bits per heavy atom. The van der Waals surface area contributed by atoms with E-state index < -0.39 is 0 Å². The molecule has 1 aromatic carbocycles. The first-order valence-corrected chi connectivity index (χ1v) is 6.61. The molecule has 0 aromatic heterocycles. The Balaban J connectivity index is 1.95. The molecule has 0 aliphatic heterocycles. The van der Waals surface area contributed by atoms with Gasteiger partial charge in [-0.1, -0.05) is 29.3 Å². The first-order valence-electron chi connectivity index (χ1n) is 5.85. The molecule has 17 heavy (non-hydrogen) atoms. The minimum absolute atomic E-state index is 0.129. The normalized spacial score (nSPS) is 19.1. The van der Waals surface area contributed by atoms with Crippen LogP contribution in [0, 0.1) is 5.41 Å². The van der Waals surface area contributed by atoms with E-state index in [4.69, 9.17) is 23.2 Å². The van der Waals surface area contributed by atoms with Crippen molar-refractivity contribution < 1.29 is 5.11 Å². The van der Waals surface area contributed by atoms with Gasteiger partial charge in [-0.3, -0.25) is 0 Å². The number of halogens is 2. The summed E-state index contributed by atoms with van der Waals surface area (Å²) in [7, 11) is 0. The van der Waals surface area contributed by atoms with Gasteiger partial charge < -0.3 is 10.4 Å². The van der Waals surface area contributed by atoms with E-state index >= 15 is 0 Å². The molecule has 1 aromatic rings. The third-order valence-electron chi connectivity index (χ3n) is 3.52. The Kier molecular flexibility index (Phi) is 3.99. The van der Waals surface area contributed by atoms with Crippen molar-refractivity contribution in [2.45, 2.75) is 25.8 Å². The largest absolute Gasteiger partial charge is 0.396 e. The average Bonchev–Trinajstić information content (AvgIpc) is 3.10. The van der Waals surface area contributed by atoms with E-state index in [0.29, 0.717) is 10.0 Å². The van der Waals surface area contributed by atoms with E-state index in [1.165, 1.54) is 0 Å². The monoisotopic (exact) mass is 273 g/mol. The van der Waals surface area contributed by atoms with Crippen molar-refractivity contribution in [2.24, 2.45) is 5.41 Å². The SMILES string of the molecule is CC(NCC1(CO)CC1)c1ccc(Cl)c(Cl)c1. The van der Waals surface area contributed by atoms with Gasteiger partial charge in [-0.15, -0.1) is 0 Å². The fourth-order valence-corrected chi connectivity index (χ4v) is 2.14. The lowest BCUT2D eigenvalue weighted by molar-refractivity contribution is 0.204. The average molecular weight is 274 g/mol. The van der Waals surface area contributed by atoms with Crippen molar-refractivity contribution in [3.63, 3.8) is 0 Å². The maximum absolute atomic E-state index is 9.24. The molecule has 1 fully saturated rings. The summed E-state index contributed by atoms with van der Waals surface area (Å²) < 4.78 is 0. The molecule has 1 aliphatic rings. The van der Waals surface area contributed by atoms with Crippen LogP contribution in [-0.2, 0) is 0 Å². The number of nitrogens with one attached hydrogen (secondary N) is 1. The van der Waals surface area contributed by atoms with E-state index in [9.17, 15) is 5.11 Å². The van der Waals surface area contributed by atoms with Crippen LogP contribution >= 0.6 is 23.2 Å². The van der Waals surface area contributed by atoms with Crippen LogP contribution in [0.5, 0.6) is 0 Å². The molecule has 0 saturated heterocycles. The molecule has 1 saturated carbocycles. The molecular formula is C13H17Cl2NO. The van der Waals surface area contributed by atoms with Gasteiger partial charge in [0.15, 0.2) is 0 Å². The topological polar surface area (TPSA) is 32.3 Å². The van der Waals surface area contributed by atoms with Gasteiger partial charge in [0.1, 0.15) is 0 Å². The van der Waals surface area contributed by atoms with Crippen molar-refractivity contribution in [3.8, 4) is 0 Å². The van der Waals surface area contributed by atoms with Gasteiger partial charge in [-0.2, -0.15) is 0 Å². The van der Waals surface area contributed by atoms with Crippen molar-refractivity contribution in [2.75, 3.05) is 13.2 Å². The van der Waals surface area contributed by atoms with Crippen LogP contribution in [0.15, 0.2) is 18.2 Å². The molecule has 2 nitrogen and oxygen atoms in total. The van der Waals surface area contributed by atoms with Crippen molar-refractivity contribution in [3.05, 3.63) is 33.8 Å². The standard InChI is InChI=1S/C13H17Cl2NO/c1-9(16-7-13(8-17)4-5-13)10-2-3-11(14)12(15)6-10/h2-3,6,9,16-17H,4-5,7-8H2,1H3. The molecule has 0 amide bonds. The van der Waals surface area contributed by atoms with Crippen LogP contribution in [0.2, 0.25) is 10.0 Å². The minimum Gasteiger partial charge on any atom is -0.396 e. The molecule has 1 unspecified atom stereocenters. The summed E-state index contributed by atoms with van der Waals surface area (Å²) in [6.45, 7) is 3.21. The lowest BCUT2D eigenvalue weighted by Gasteiger charge is -2.19. The van der Waals surface area contributed by atoms with Crippen LogP contribution in [-0.4, -0.2) is 18.3 Å². The molecule has 2 rings (SSSR count). The minimum atomic E-state index is 0.129. The van der Waals surface area contributed by atoms with E-state index in [1.54, 1.807) is 0 Å². The summed E-state index contributed by atoms with van der Waals surface area (Å²) in [5, 5.41) is 13.8. The Hall–Kier alpha value is -0.280. The van der Waals surface area contributed by atoms with E-state index in [0.717, 1.165) is 24.9 Å². The zero-order valence-electron chi connectivity index (χ0n) is 9.84. The molecule has 0 heterocycles. The fourth-order valence-electron chi connectivity index (χ4n) is 1.84. The zero-order valence-corrected chi connectivity index (χ0v) is 11.4. The van der Waals surface area contributed by atoms with Gasteiger partial charge in [0.2, 0.25) is 0 Å². The van der Waals surface area contributed by atoms with Gasteiger partial charge >= 0.3 is 0 Å². The van der Waals surface area contributed by atoms with E-state index in [-0.39, 0.29) is 18.1 Å². The highest BCUT2D eigenvalue weighted by molar-refractivity contribution is 6.42. The summed E-state index contributed by atoms with van der Waals surface area (Å²) in [6.07, 6.45) is 2.23. The van der Waals surface area contributed by atoms with Gasteiger partial charge in [0.25, 0.3) is 0 Å². The van der Waals surface area contributed by atoms with Crippen LogP contribution in [0.25, 0.3) is 0 Å². The number of hydrogen-bond donors (Lipinski definition) is 2. The smallest absolute Gasteiger partial charge is 0.0595 e. The third-order valence-corrected chi connectivity index (χ3v) is 4.26. The summed E-state index contributed by atoms with van der Waals surface area (Å²) in [6, 6.07) is 5.90. The van der Waals surface area contributed by atoms with Crippen LogP contribution < -0.4 is 5.32 Å². The van der Waals surface area contributed by atoms with Crippen LogP contribution in [0.4, 0.5) is 0 Å². The lowest BCUT2D eigenvalue weighted by atomic mass is 10.1. The van der Waals surface area contributed by atoms with Crippen LogP contribution in [0.1, 0.15) is 31.4 Å². The van der Waals surface area contributed by atoms with Gasteiger partial charge in [0.05, 0.1) is 10.0 Å². The fraction of sp³-hybridized carbons (Fsp3) is 0.538. The Labute approximate surface area is 112 Å². The number of aliphatic hydroxyl groups is 1. The maximum atomic E-state index is 9.24. The molecule has 0 radical (unpaired) electrons. The zero-order chi connectivity index (χ0) is 12.5. The predicted octanol–water partition coefficient (Wildman–Crippen LogP) is 3.42. The molecule has 0 spiro atoms. The Morgan fingerprint density at radius 2 is 2.06 bits per heavy atom. The predicted molar refractivity (Wildman–Crippen MR) is 71.6 cm³/mol. The number of benzene rings is 1. The summed E-state index contributed by atoms with van der Waals surface area (Å²) in [5.41, 5.74) is 1.25. The van der Waals surface area contributed by atoms with E-state index in [1.807, 2.05) is 18.2 Å². The Morgan fingerprint density at radius 3 is 2.59 bits per heavy atom. The first kappa shape index (κ1) is 13.2. The van der Waals surface area contributed by atoms with Gasteiger partial charge in [0, 0.05) is 24.6 Å². The second kappa shape index (κ2) is 5.15. The quantitative estimate of drug-likeness (QED) is 0.862. The highest BCUT2D eigenvalue weighted by Gasteiger charge is 2.41. The van der Waals surface area contributed by atoms with Gasteiger partial charge in [-0.25, -0.2) is 0 Å². The van der Waals surface area contributed by atoms with E-state index in [2.05, 4.69) is 12.2 Å². The van der Waals surface area contributed by atoms with Crippen molar-refractivity contribution in [1.82, 2.24) is 5.32 Å². The molecule has 1 aliphatic carbocycles. The number of aliphatic hydroxyl groups excluding tert-OH is 1. The molecular weight excluding hydrogens is 257 g/mol. The lowest BCUT2D eigenvalue weighted by Crippen LogP contribution is -2.28. The van der Waals surface area contributed by atoms with Crippen molar-refractivity contribution in [1.29, 1.82) is 0 Å². The summed E-state index contributed by atoms with van der Waals surface area (Å²) in [5.74, 6) is 0. The second-order valence-corrected chi connectivity index (χ2v) is 5.75. The summed E-state index contributed by atoms with van der Waals surface area (Å²) in [4.78, 5) is 0. The highest BCUT2D eigenvalue weighted by atomic mass is 35.5. The Bertz CT molecular complexity index is 404. The van der Waals surface area contributed by atoms with Gasteiger partial charge in [-0.05, 0) is 37.5 Å². The summed E-state index contributed by atoms with van der Waals surface area (Å²) >= 11 is 11.9. The van der Waals surface area contributed by atoms with Crippen LogP contribution in [0.3, 0.4) is 0 Å². The molecule has 2 N–H and O–H groups in total.